The summed E-state index contributed by atoms with van der Waals surface area (Å²) in [5.41, 5.74) is 1.00. The van der Waals surface area contributed by atoms with Crippen LogP contribution in [0.25, 0.3) is 0 Å². The molecule has 0 aliphatic carbocycles. The monoisotopic (exact) mass is 506 g/mol. The first-order chi connectivity index (χ1) is 15.5. The number of hydrogen-bond acceptors (Lipinski definition) is 2. The average Bonchev–Trinajstić information content (AvgIpc) is 2.85. The molecule has 4 rings (SSSR count). The van der Waals surface area contributed by atoms with Crippen molar-refractivity contribution in [1.29, 1.82) is 0 Å². The third kappa shape index (κ3) is 3.74. The van der Waals surface area contributed by atoms with Gasteiger partial charge < -0.3 is 0 Å². The van der Waals surface area contributed by atoms with Crippen molar-refractivity contribution in [3.63, 3.8) is 0 Å². The summed E-state index contributed by atoms with van der Waals surface area (Å²) in [6.07, 6.45) is 0.489. The molecule has 0 aliphatic heterocycles. The number of ether oxygens (including phenoxy) is 1. The number of methoxy groups -OCH3 is 1. The van der Waals surface area contributed by atoms with Gasteiger partial charge in [0.25, 0.3) is 0 Å². The predicted octanol–water partition coefficient (Wildman–Crippen LogP) is 5.73. The molecule has 0 radical (unpaired) electrons. The number of carbonyl (C=O) groups is 1. The predicted molar refractivity (Wildman–Crippen MR) is 138 cm³/mol. The minimum atomic E-state index is -3.31. The van der Waals surface area contributed by atoms with E-state index in [9.17, 15) is 9.90 Å². The van der Waals surface area contributed by atoms with Crippen molar-refractivity contribution in [3.05, 3.63) is 120 Å². The number of aromatic carboxylic acids is 1. The maximum absolute atomic E-state index is 12.2. The van der Waals surface area contributed by atoms with Gasteiger partial charge in [0.05, 0.1) is 0 Å². The topological polar surface area (TPSA) is 46.5 Å². The van der Waals surface area contributed by atoms with Crippen LogP contribution in [0.3, 0.4) is 0 Å². The second-order valence-corrected chi connectivity index (χ2v) is 16.6. The van der Waals surface area contributed by atoms with Gasteiger partial charge in [0.2, 0.25) is 0 Å². The standard InChI is InChI=1S/C27H24BrO3P/c1-31-22-17-18-26(27(29)30)21(19-22)20-32(28,23-11-5-2-6-12-23,24-13-7-3-8-14-24)25-15-9-4-10-16-25/h2-19H,20H2,1H3,(H,29,30). The summed E-state index contributed by atoms with van der Waals surface area (Å²) in [7, 11) is 1.60. The Balaban J connectivity index is 2.12. The molecular weight excluding hydrogens is 483 g/mol. The molecule has 0 atom stereocenters. The van der Waals surface area contributed by atoms with Gasteiger partial charge in [-0.3, -0.25) is 0 Å². The molecule has 162 valence electrons. The molecular formula is C27H24BrO3P. The van der Waals surface area contributed by atoms with E-state index >= 15 is 0 Å². The van der Waals surface area contributed by atoms with Gasteiger partial charge in [-0.05, 0) is 0 Å². The number of halogens is 1. The normalized spacial score (nSPS) is 12.5. The van der Waals surface area contributed by atoms with Gasteiger partial charge in [-0.2, -0.15) is 0 Å². The van der Waals surface area contributed by atoms with Crippen LogP contribution in [0.4, 0.5) is 0 Å². The quantitative estimate of drug-likeness (QED) is 0.325. The molecule has 4 aromatic carbocycles. The molecule has 3 nitrogen and oxygen atoms in total. The SMILES string of the molecule is COc1ccc(C(=O)O)c(CP(Br)(c2ccccc2)(c2ccccc2)c2ccccc2)c1. The van der Waals surface area contributed by atoms with E-state index in [2.05, 4.69) is 51.9 Å². The Hall–Kier alpha value is -2.94. The van der Waals surface area contributed by atoms with Crippen LogP contribution in [0.15, 0.2) is 109 Å². The van der Waals surface area contributed by atoms with Crippen LogP contribution in [-0.2, 0) is 6.16 Å². The second-order valence-electron chi connectivity index (χ2n) is 7.68. The molecule has 0 aromatic heterocycles. The Kier molecular flexibility index (Phi) is 6.19. The summed E-state index contributed by atoms with van der Waals surface area (Å²) in [5, 5.41) is 10.1. The van der Waals surface area contributed by atoms with Crippen LogP contribution in [-0.4, -0.2) is 18.2 Å². The second kappa shape index (κ2) is 8.90. The fraction of sp³-hybridized carbons (Fsp3) is 0.0741. The zero-order valence-electron chi connectivity index (χ0n) is 17.7. The number of carboxylic acids is 1. The van der Waals surface area contributed by atoms with Crippen molar-refractivity contribution in [1.82, 2.24) is 0 Å². The van der Waals surface area contributed by atoms with Crippen LogP contribution < -0.4 is 20.7 Å². The molecule has 0 unspecified atom stereocenters. The Labute approximate surface area is 196 Å². The molecule has 0 amide bonds. The van der Waals surface area contributed by atoms with E-state index in [0.29, 0.717) is 11.9 Å². The van der Waals surface area contributed by atoms with E-state index < -0.39 is 11.3 Å². The molecule has 4 aromatic rings. The fourth-order valence-corrected chi connectivity index (χ4v) is 12.0. The van der Waals surface area contributed by atoms with Crippen molar-refractivity contribution in [2.24, 2.45) is 0 Å². The molecule has 0 heterocycles. The molecule has 0 spiro atoms. The van der Waals surface area contributed by atoms with Gasteiger partial charge in [-0.1, -0.05) is 0 Å². The van der Waals surface area contributed by atoms with E-state index in [4.69, 9.17) is 4.74 Å². The van der Waals surface area contributed by atoms with Gasteiger partial charge in [0.1, 0.15) is 0 Å². The van der Waals surface area contributed by atoms with Crippen LogP contribution in [0, 0.1) is 0 Å². The Morgan fingerprint density at radius 1 is 0.781 bits per heavy atom. The molecule has 1 N–H and O–H groups in total. The molecule has 0 fully saturated rings. The molecule has 0 saturated heterocycles. The van der Waals surface area contributed by atoms with Crippen molar-refractivity contribution in [2.75, 3.05) is 7.11 Å². The van der Waals surface area contributed by atoms with E-state index in [-0.39, 0.29) is 5.56 Å². The summed E-state index contributed by atoms with van der Waals surface area (Å²) in [6, 6.07) is 36.2. The minimum absolute atomic E-state index is 0.280. The first kappa shape index (κ1) is 22.3. The summed E-state index contributed by atoms with van der Waals surface area (Å²) in [4.78, 5) is 12.2. The fourth-order valence-electron chi connectivity index (χ4n) is 4.29. The summed E-state index contributed by atoms with van der Waals surface area (Å²) >= 11 is 4.38. The van der Waals surface area contributed by atoms with Gasteiger partial charge in [-0.15, -0.1) is 0 Å². The first-order valence-corrected chi connectivity index (χ1v) is 14.7. The Morgan fingerprint density at radius 3 is 1.59 bits per heavy atom. The third-order valence-electron chi connectivity index (χ3n) is 5.89. The average molecular weight is 507 g/mol. The third-order valence-corrected chi connectivity index (χ3v) is 15.4. The van der Waals surface area contributed by atoms with Crippen LogP contribution in [0.2, 0.25) is 0 Å². The van der Waals surface area contributed by atoms with E-state index in [0.717, 1.165) is 21.5 Å². The van der Waals surface area contributed by atoms with Crippen molar-refractivity contribution >= 4 is 42.7 Å². The summed E-state index contributed by atoms with van der Waals surface area (Å²) in [6.45, 7) is 0. The van der Waals surface area contributed by atoms with Gasteiger partial charge in [0, 0.05) is 0 Å². The van der Waals surface area contributed by atoms with E-state index in [1.807, 2.05) is 60.7 Å². The number of benzene rings is 4. The van der Waals surface area contributed by atoms with Crippen molar-refractivity contribution < 1.29 is 14.6 Å². The Bertz CT molecular complexity index is 1130. The molecule has 0 aliphatic rings. The maximum atomic E-state index is 12.2. The summed E-state index contributed by atoms with van der Waals surface area (Å²) < 4.78 is 5.46. The van der Waals surface area contributed by atoms with Crippen molar-refractivity contribution in [3.8, 4) is 5.75 Å². The van der Waals surface area contributed by atoms with Gasteiger partial charge in [-0.25, -0.2) is 0 Å². The molecule has 5 heteroatoms. The molecule has 0 bridgehead atoms. The van der Waals surface area contributed by atoms with Crippen LogP contribution in [0.5, 0.6) is 5.75 Å². The first-order valence-electron chi connectivity index (χ1n) is 10.3. The van der Waals surface area contributed by atoms with Crippen LogP contribution in [0.1, 0.15) is 15.9 Å². The van der Waals surface area contributed by atoms with Crippen molar-refractivity contribution in [2.45, 2.75) is 6.16 Å². The zero-order chi connectivity index (χ0) is 22.6. The van der Waals surface area contributed by atoms with Gasteiger partial charge in [0.15, 0.2) is 0 Å². The number of hydrogen-bond donors (Lipinski definition) is 1. The van der Waals surface area contributed by atoms with Crippen LogP contribution >= 0.6 is 20.8 Å². The number of rotatable bonds is 7. The Morgan fingerprint density at radius 2 is 1.22 bits per heavy atom. The zero-order valence-corrected chi connectivity index (χ0v) is 20.2. The van der Waals surface area contributed by atoms with Gasteiger partial charge >= 0.3 is 197 Å². The molecule has 32 heavy (non-hydrogen) atoms. The molecule has 0 saturated carbocycles. The van der Waals surface area contributed by atoms with E-state index in [1.165, 1.54) is 0 Å². The summed E-state index contributed by atoms with van der Waals surface area (Å²) in [5.74, 6) is -0.314. The number of carboxylic acid groups (broad SMARTS) is 1. The van der Waals surface area contributed by atoms with E-state index in [1.54, 1.807) is 19.2 Å².